The standard InChI is InChI=1S/C30H32F3N3O2/c31-30(32,33)27(37)38-36-25-11-12-29(23-7-3-1-4-8-23,24-9-5-2-6-10-24)19-35(25)26(34-36)28-16-20-13-21(17-28)15-22(14-20)18-28/h1-10,20-22,25H,11-19H2. The molecule has 4 saturated carbocycles. The van der Waals surface area contributed by atoms with Crippen LogP contribution in [-0.4, -0.2) is 40.8 Å². The molecule has 0 N–H and O–H groups in total. The molecule has 2 aromatic rings. The fourth-order valence-electron chi connectivity index (χ4n) is 8.84. The minimum atomic E-state index is -5.07. The van der Waals surface area contributed by atoms with Crippen LogP contribution in [0, 0.1) is 23.2 Å². The maximum atomic E-state index is 13.2. The molecule has 0 radical (unpaired) electrons. The van der Waals surface area contributed by atoms with E-state index < -0.39 is 18.3 Å². The van der Waals surface area contributed by atoms with Crippen LogP contribution in [0.4, 0.5) is 13.2 Å². The molecule has 1 saturated heterocycles. The quantitative estimate of drug-likeness (QED) is 0.475. The van der Waals surface area contributed by atoms with Crippen molar-refractivity contribution in [2.45, 2.75) is 69.1 Å². The van der Waals surface area contributed by atoms with Gasteiger partial charge >= 0.3 is 12.1 Å². The van der Waals surface area contributed by atoms with Crippen molar-refractivity contribution in [2.24, 2.45) is 28.3 Å². The zero-order valence-electron chi connectivity index (χ0n) is 21.2. The van der Waals surface area contributed by atoms with Gasteiger partial charge in [0, 0.05) is 17.4 Å². The molecule has 200 valence electrons. The van der Waals surface area contributed by atoms with E-state index in [1.54, 1.807) is 0 Å². The first-order valence-corrected chi connectivity index (χ1v) is 13.8. The Labute approximate surface area is 220 Å². The van der Waals surface area contributed by atoms with E-state index >= 15 is 0 Å². The van der Waals surface area contributed by atoms with Crippen LogP contribution in [0.3, 0.4) is 0 Å². The number of amidine groups is 1. The molecule has 5 nitrogen and oxygen atoms in total. The van der Waals surface area contributed by atoms with Gasteiger partial charge in [-0.15, -0.1) is 5.10 Å². The van der Waals surface area contributed by atoms with Gasteiger partial charge in [0.25, 0.3) is 0 Å². The van der Waals surface area contributed by atoms with E-state index in [1.807, 2.05) is 36.4 Å². The van der Waals surface area contributed by atoms with E-state index in [4.69, 9.17) is 9.94 Å². The van der Waals surface area contributed by atoms with Gasteiger partial charge in [0.2, 0.25) is 0 Å². The molecule has 38 heavy (non-hydrogen) atoms. The van der Waals surface area contributed by atoms with Crippen LogP contribution < -0.4 is 0 Å². The van der Waals surface area contributed by atoms with Crippen molar-refractivity contribution in [1.29, 1.82) is 0 Å². The first kappa shape index (κ1) is 24.0. The topological polar surface area (TPSA) is 45.1 Å². The summed E-state index contributed by atoms with van der Waals surface area (Å²) in [6.07, 6.45) is 2.42. The summed E-state index contributed by atoms with van der Waals surface area (Å²) >= 11 is 0. The van der Waals surface area contributed by atoms with Gasteiger partial charge in [-0.3, -0.25) is 0 Å². The molecule has 4 bridgehead atoms. The molecular weight excluding hydrogens is 491 g/mol. The Morgan fingerprint density at radius 2 is 1.39 bits per heavy atom. The van der Waals surface area contributed by atoms with Crippen LogP contribution in [0.2, 0.25) is 0 Å². The Kier molecular flexibility index (Phi) is 5.37. The number of piperidine rings is 1. The molecular formula is C30H32F3N3O2. The van der Waals surface area contributed by atoms with Crippen LogP contribution in [0.25, 0.3) is 0 Å². The molecule has 6 aliphatic rings. The number of hydrazone groups is 1. The Balaban J connectivity index is 1.31. The van der Waals surface area contributed by atoms with Gasteiger partial charge in [-0.05, 0) is 80.2 Å². The number of halogens is 3. The predicted octanol–water partition coefficient (Wildman–Crippen LogP) is 6.26. The lowest BCUT2D eigenvalue weighted by Crippen LogP contribution is -2.60. The Bertz CT molecular complexity index is 1170. The van der Waals surface area contributed by atoms with E-state index in [-0.39, 0.29) is 10.8 Å². The highest BCUT2D eigenvalue weighted by Gasteiger charge is 2.60. The second-order valence-electron chi connectivity index (χ2n) is 12.3. The largest absolute Gasteiger partial charge is 0.493 e. The van der Waals surface area contributed by atoms with Crippen molar-refractivity contribution >= 4 is 11.8 Å². The van der Waals surface area contributed by atoms with Crippen molar-refractivity contribution in [3.05, 3.63) is 71.8 Å². The minimum absolute atomic E-state index is 0.164. The second-order valence-corrected chi connectivity index (χ2v) is 12.3. The highest BCUT2D eigenvalue weighted by Crippen LogP contribution is 2.62. The first-order valence-electron chi connectivity index (χ1n) is 13.8. The van der Waals surface area contributed by atoms with E-state index in [9.17, 15) is 18.0 Å². The Morgan fingerprint density at radius 3 is 1.89 bits per heavy atom. The van der Waals surface area contributed by atoms with Crippen LogP contribution >= 0.6 is 0 Å². The lowest BCUT2D eigenvalue weighted by molar-refractivity contribution is -0.252. The summed E-state index contributed by atoms with van der Waals surface area (Å²) in [5, 5.41) is 5.75. The van der Waals surface area contributed by atoms with Gasteiger partial charge in [0.05, 0.1) is 0 Å². The summed E-state index contributed by atoms with van der Waals surface area (Å²) in [6.45, 7) is 0.576. The Morgan fingerprint density at radius 1 is 0.868 bits per heavy atom. The smallest absolute Gasteiger partial charge is 0.332 e. The number of hydrogen-bond acceptors (Lipinski definition) is 5. The van der Waals surface area contributed by atoms with Gasteiger partial charge in [-0.25, -0.2) is 4.79 Å². The number of hydroxylamine groups is 1. The molecule has 2 aromatic carbocycles. The van der Waals surface area contributed by atoms with Gasteiger partial charge in [0.15, 0.2) is 6.17 Å². The average Bonchev–Trinajstić information content (AvgIpc) is 3.26. The molecule has 5 fully saturated rings. The molecule has 1 unspecified atom stereocenters. The third-order valence-electron chi connectivity index (χ3n) is 9.92. The van der Waals surface area contributed by atoms with E-state index in [2.05, 4.69) is 29.2 Å². The summed E-state index contributed by atoms with van der Waals surface area (Å²) in [5.41, 5.74) is 1.84. The summed E-state index contributed by atoms with van der Waals surface area (Å²) < 4.78 is 39.7. The summed E-state index contributed by atoms with van der Waals surface area (Å²) in [4.78, 5) is 19.1. The summed E-state index contributed by atoms with van der Waals surface area (Å²) in [6, 6.07) is 20.8. The van der Waals surface area contributed by atoms with Crippen molar-refractivity contribution in [2.75, 3.05) is 6.54 Å². The van der Waals surface area contributed by atoms with E-state index in [0.29, 0.717) is 37.1 Å². The number of alkyl halides is 3. The highest BCUT2D eigenvalue weighted by molar-refractivity contribution is 5.90. The molecule has 0 aromatic heterocycles. The van der Waals surface area contributed by atoms with Crippen LogP contribution in [0.1, 0.15) is 62.5 Å². The Hall–Kier alpha value is -3.03. The number of fused-ring (bicyclic) bond motifs is 1. The van der Waals surface area contributed by atoms with Crippen LogP contribution in [0.5, 0.6) is 0 Å². The van der Waals surface area contributed by atoms with Crippen LogP contribution in [0.15, 0.2) is 65.8 Å². The van der Waals surface area contributed by atoms with Gasteiger partial charge in [-0.1, -0.05) is 65.8 Å². The number of nitrogens with zero attached hydrogens (tertiary/aromatic N) is 3. The van der Waals surface area contributed by atoms with Crippen molar-refractivity contribution in [3.8, 4) is 0 Å². The lowest BCUT2D eigenvalue weighted by Gasteiger charge is -2.58. The molecule has 2 heterocycles. The number of hydrogen-bond donors (Lipinski definition) is 0. The maximum absolute atomic E-state index is 13.2. The van der Waals surface area contributed by atoms with Crippen molar-refractivity contribution in [3.63, 3.8) is 0 Å². The van der Waals surface area contributed by atoms with Crippen molar-refractivity contribution < 1.29 is 22.8 Å². The second kappa shape index (κ2) is 8.48. The SMILES string of the molecule is O=C(ON1N=C(C23CC4CC(CC(C4)C2)C3)N2CC(c3ccccc3)(c3ccccc3)CCC12)C(F)(F)F. The summed E-state index contributed by atoms with van der Waals surface area (Å²) in [5.74, 6) is 0.564. The molecule has 1 atom stereocenters. The third-order valence-corrected chi connectivity index (χ3v) is 9.92. The lowest BCUT2D eigenvalue weighted by atomic mass is 9.49. The highest BCUT2D eigenvalue weighted by atomic mass is 19.4. The number of carbonyl (C=O) groups excluding carboxylic acids is 1. The first-order chi connectivity index (χ1) is 18.3. The van der Waals surface area contributed by atoms with Crippen LogP contribution in [-0.2, 0) is 15.0 Å². The van der Waals surface area contributed by atoms with E-state index in [0.717, 1.165) is 30.3 Å². The molecule has 2 aliphatic heterocycles. The van der Waals surface area contributed by atoms with Crippen molar-refractivity contribution in [1.82, 2.24) is 10.1 Å². The maximum Gasteiger partial charge on any atom is 0.493 e. The molecule has 0 amide bonds. The number of rotatable bonds is 4. The molecule has 0 spiro atoms. The third kappa shape index (κ3) is 3.74. The number of benzene rings is 2. The summed E-state index contributed by atoms with van der Waals surface area (Å²) in [7, 11) is 0. The molecule has 4 aliphatic carbocycles. The van der Waals surface area contributed by atoms with E-state index in [1.165, 1.54) is 30.4 Å². The fraction of sp³-hybridized carbons (Fsp3) is 0.533. The van der Waals surface area contributed by atoms with Gasteiger partial charge in [0.1, 0.15) is 5.84 Å². The molecule has 8 heteroatoms. The normalized spacial score (nSPS) is 33.2. The monoisotopic (exact) mass is 523 g/mol. The zero-order chi connectivity index (χ0) is 26.1. The molecule has 8 rings (SSSR count). The predicted molar refractivity (Wildman–Crippen MR) is 135 cm³/mol. The zero-order valence-corrected chi connectivity index (χ0v) is 21.2. The average molecular weight is 524 g/mol. The van der Waals surface area contributed by atoms with Gasteiger partial charge < -0.3 is 9.74 Å². The number of carbonyl (C=O) groups is 1. The fourth-order valence-corrected chi connectivity index (χ4v) is 8.84. The van der Waals surface area contributed by atoms with Gasteiger partial charge in [-0.2, -0.15) is 13.2 Å². The minimum Gasteiger partial charge on any atom is -0.332 e.